The fraction of sp³-hybridized carbons (Fsp3) is 0.0588. The predicted molar refractivity (Wildman–Crippen MR) is 78.4 cm³/mol. The van der Waals surface area contributed by atoms with Gasteiger partial charge in [0, 0.05) is 6.07 Å². The van der Waals surface area contributed by atoms with Crippen molar-refractivity contribution in [2.75, 3.05) is 0 Å². The number of halogens is 1. The highest BCUT2D eigenvalue weighted by atomic mass is 19.1. The standard InChI is InChI=1S/C17H11FN2O/c18-15-7-5-13(14(9-15)10-19)11-20-16-4-2-1-3-12(16)6-8-17(20)21/h1-9H,11H2. The molecule has 21 heavy (non-hydrogen) atoms. The Hall–Kier alpha value is -2.93. The summed E-state index contributed by atoms with van der Waals surface area (Å²) in [6.45, 7) is 0.239. The van der Waals surface area contributed by atoms with Crippen LogP contribution in [0.25, 0.3) is 10.9 Å². The summed E-state index contributed by atoms with van der Waals surface area (Å²) in [5.74, 6) is -0.458. The third-order valence-corrected chi connectivity index (χ3v) is 3.42. The molecule has 1 aromatic heterocycles. The maximum Gasteiger partial charge on any atom is 0.251 e. The van der Waals surface area contributed by atoms with E-state index in [4.69, 9.17) is 5.26 Å². The summed E-state index contributed by atoms with van der Waals surface area (Å²) in [7, 11) is 0. The fourth-order valence-electron chi connectivity index (χ4n) is 2.37. The van der Waals surface area contributed by atoms with Crippen LogP contribution in [0.15, 0.2) is 59.4 Å². The number of benzene rings is 2. The monoisotopic (exact) mass is 278 g/mol. The number of para-hydroxylation sites is 1. The molecule has 0 aliphatic rings. The zero-order chi connectivity index (χ0) is 14.8. The topological polar surface area (TPSA) is 45.8 Å². The summed E-state index contributed by atoms with van der Waals surface area (Å²) in [6, 6.07) is 16.8. The molecule has 3 nitrogen and oxygen atoms in total. The Morgan fingerprint density at radius 3 is 2.71 bits per heavy atom. The molecule has 2 aromatic carbocycles. The number of rotatable bonds is 2. The van der Waals surface area contributed by atoms with Gasteiger partial charge in [0.15, 0.2) is 0 Å². The lowest BCUT2D eigenvalue weighted by Gasteiger charge is -2.11. The molecule has 0 aliphatic heterocycles. The smallest absolute Gasteiger partial charge is 0.251 e. The largest absolute Gasteiger partial charge is 0.304 e. The van der Waals surface area contributed by atoms with Crippen LogP contribution in [-0.2, 0) is 6.54 Å². The third kappa shape index (κ3) is 2.41. The van der Waals surface area contributed by atoms with Crippen LogP contribution in [0.5, 0.6) is 0 Å². The van der Waals surface area contributed by atoms with Crippen molar-refractivity contribution < 1.29 is 4.39 Å². The Morgan fingerprint density at radius 1 is 1.10 bits per heavy atom. The van der Waals surface area contributed by atoms with Gasteiger partial charge in [-0.05, 0) is 35.2 Å². The maximum absolute atomic E-state index is 13.2. The van der Waals surface area contributed by atoms with Crippen LogP contribution in [0.3, 0.4) is 0 Å². The average Bonchev–Trinajstić information content (AvgIpc) is 2.51. The Morgan fingerprint density at radius 2 is 1.90 bits per heavy atom. The molecule has 0 atom stereocenters. The van der Waals surface area contributed by atoms with E-state index in [-0.39, 0.29) is 17.7 Å². The quantitative estimate of drug-likeness (QED) is 0.723. The van der Waals surface area contributed by atoms with Gasteiger partial charge in [-0.15, -0.1) is 0 Å². The molecule has 3 aromatic rings. The maximum atomic E-state index is 13.2. The second kappa shape index (κ2) is 5.22. The zero-order valence-electron chi connectivity index (χ0n) is 11.1. The Bertz CT molecular complexity index is 922. The molecule has 0 N–H and O–H groups in total. The van der Waals surface area contributed by atoms with Crippen LogP contribution < -0.4 is 5.56 Å². The van der Waals surface area contributed by atoms with Gasteiger partial charge in [0.2, 0.25) is 0 Å². The second-order valence-corrected chi connectivity index (χ2v) is 4.73. The first kappa shape index (κ1) is 13.1. The van der Waals surface area contributed by atoms with Crippen LogP contribution in [0, 0.1) is 17.1 Å². The fourth-order valence-corrected chi connectivity index (χ4v) is 2.37. The minimum Gasteiger partial charge on any atom is -0.304 e. The van der Waals surface area contributed by atoms with E-state index in [9.17, 15) is 9.18 Å². The first-order valence-corrected chi connectivity index (χ1v) is 6.46. The van der Waals surface area contributed by atoms with Crippen LogP contribution >= 0.6 is 0 Å². The van der Waals surface area contributed by atoms with Crippen molar-refractivity contribution in [1.29, 1.82) is 5.26 Å². The first-order chi connectivity index (χ1) is 10.2. The summed E-state index contributed by atoms with van der Waals surface area (Å²) in [6.07, 6.45) is 0. The van der Waals surface area contributed by atoms with Crippen LogP contribution in [0.4, 0.5) is 4.39 Å². The molecule has 102 valence electrons. The van der Waals surface area contributed by atoms with Crippen molar-refractivity contribution in [3.8, 4) is 6.07 Å². The molecule has 1 heterocycles. The van der Waals surface area contributed by atoms with Crippen molar-refractivity contribution >= 4 is 10.9 Å². The van der Waals surface area contributed by atoms with Gasteiger partial charge in [-0.1, -0.05) is 24.3 Å². The molecule has 0 radical (unpaired) electrons. The van der Waals surface area contributed by atoms with E-state index in [0.29, 0.717) is 5.56 Å². The average molecular weight is 278 g/mol. The van der Waals surface area contributed by atoms with E-state index in [1.54, 1.807) is 16.7 Å². The molecule has 0 bridgehead atoms. The summed E-state index contributed by atoms with van der Waals surface area (Å²) >= 11 is 0. The molecule has 0 unspecified atom stereocenters. The minimum atomic E-state index is -0.458. The van der Waals surface area contributed by atoms with Gasteiger partial charge >= 0.3 is 0 Å². The van der Waals surface area contributed by atoms with Crippen molar-refractivity contribution in [2.24, 2.45) is 0 Å². The SMILES string of the molecule is N#Cc1cc(F)ccc1Cn1c(=O)ccc2ccccc21. The Kier molecular flexibility index (Phi) is 3.25. The second-order valence-electron chi connectivity index (χ2n) is 4.73. The molecule has 0 spiro atoms. The highest BCUT2D eigenvalue weighted by Crippen LogP contribution is 2.15. The number of nitrogens with zero attached hydrogens (tertiary/aromatic N) is 2. The van der Waals surface area contributed by atoms with Crippen molar-refractivity contribution in [2.45, 2.75) is 6.54 Å². The summed E-state index contributed by atoms with van der Waals surface area (Å²) < 4.78 is 14.8. The Balaban J connectivity index is 2.17. The van der Waals surface area contributed by atoms with E-state index in [0.717, 1.165) is 10.9 Å². The molecule has 0 aliphatic carbocycles. The number of hydrogen-bond acceptors (Lipinski definition) is 2. The molecule has 3 rings (SSSR count). The van der Waals surface area contributed by atoms with Crippen molar-refractivity contribution in [3.63, 3.8) is 0 Å². The highest BCUT2D eigenvalue weighted by molar-refractivity contribution is 5.78. The normalized spacial score (nSPS) is 10.5. The predicted octanol–water partition coefficient (Wildman–Crippen LogP) is 3.06. The third-order valence-electron chi connectivity index (χ3n) is 3.42. The highest BCUT2D eigenvalue weighted by Gasteiger charge is 2.08. The number of aromatic nitrogens is 1. The lowest BCUT2D eigenvalue weighted by atomic mass is 10.1. The van der Waals surface area contributed by atoms with Crippen LogP contribution in [0.1, 0.15) is 11.1 Å². The van der Waals surface area contributed by atoms with Gasteiger partial charge in [-0.25, -0.2) is 4.39 Å². The molecular weight excluding hydrogens is 267 g/mol. The van der Waals surface area contributed by atoms with E-state index in [1.807, 2.05) is 30.3 Å². The van der Waals surface area contributed by atoms with E-state index in [2.05, 4.69) is 0 Å². The van der Waals surface area contributed by atoms with Crippen molar-refractivity contribution in [3.05, 3.63) is 81.9 Å². The summed E-state index contributed by atoms with van der Waals surface area (Å²) in [5.41, 5.74) is 1.51. The van der Waals surface area contributed by atoms with E-state index >= 15 is 0 Å². The minimum absolute atomic E-state index is 0.151. The number of nitriles is 1. The lowest BCUT2D eigenvalue weighted by molar-refractivity contribution is 0.625. The molecule has 4 heteroatoms. The first-order valence-electron chi connectivity index (χ1n) is 6.46. The van der Waals surface area contributed by atoms with Gasteiger partial charge in [-0.2, -0.15) is 5.26 Å². The van der Waals surface area contributed by atoms with Crippen LogP contribution in [-0.4, -0.2) is 4.57 Å². The van der Waals surface area contributed by atoms with Gasteiger partial charge < -0.3 is 4.57 Å². The van der Waals surface area contributed by atoms with E-state index < -0.39 is 5.82 Å². The number of fused-ring (bicyclic) bond motifs is 1. The van der Waals surface area contributed by atoms with E-state index in [1.165, 1.54) is 18.2 Å². The Labute approximate surface area is 120 Å². The van der Waals surface area contributed by atoms with Crippen molar-refractivity contribution in [1.82, 2.24) is 4.57 Å². The lowest BCUT2D eigenvalue weighted by Crippen LogP contribution is -2.20. The zero-order valence-corrected chi connectivity index (χ0v) is 11.1. The van der Waals surface area contributed by atoms with Gasteiger partial charge in [0.25, 0.3) is 5.56 Å². The molecule has 0 saturated carbocycles. The molecule has 0 amide bonds. The number of pyridine rings is 1. The molecular formula is C17H11FN2O. The van der Waals surface area contributed by atoms with Crippen LogP contribution in [0.2, 0.25) is 0 Å². The van der Waals surface area contributed by atoms with Gasteiger partial charge in [-0.3, -0.25) is 4.79 Å². The molecule has 0 saturated heterocycles. The summed E-state index contributed by atoms with van der Waals surface area (Å²) in [4.78, 5) is 12.1. The number of hydrogen-bond donors (Lipinski definition) is 0. The summed E-state index contributed by atoms with van der Waals surface area (Å²) in [5, 5.41) is 10.0. The van der Waals surface area contributed by atoms with Gasteiger partial charge in [0.05, 0.1) is 23.7 Å². The molecule has 0 fully saturated rings. The van der Waals surface area contributed by atoms with Gasteiger partial charge in [0.1, 0.15) is 5.82 Å².